The standard InChI is InChI=1S/C38H43N3O6/c1-28-13-15-29(16-14-28)34(21-22-40-23-25-41(26-24-40)33-9-4-6-11-36(33)45-2)47-31-19-17-30(18-20-31)38(44)39-32-8-3-5-10-35(32)46-27-7-12-37(42)43/h3-6,8-11,13-20,34H,7,12,21-27H2,1-2H3,(H,39,44)(H,42,43). The van der Waals surface area contributed by atoms with Crippen molar-refractivity contribution in [3.8, 4) is 17.2 Å². The van der Waals surface area contributed by atoms with E-state index in [1.54, 1.807) is 37.4 Å². The van der Waals surface area contributed by atoms with E-state index >= 15 is 0 Å². The van der Waals surface area contributed by atoms with Gasteiger partial charge in [0.25, 0.3) is 5.91 Å². The molecule has 1 unspecified atom stereocenters. The van der Waals surface area contributed by atoms with Gasteiger partial charge in [0.05, 0.1) is 25.1 Å². The molecule has 0 aromatic heterocycles. The van der Waals surface area contributed by atoms with Crippen molar-refractivity contribution in [2.75, 3.05) is 56.7 Å². The summed E-state index contributed by atoms with van der Waals surface area (Å²) in [4.78, 5) is 28.8. The molecule has 1 aliphatic rings. The third kappa shape index (κ3) is 9.50. The van der Waals surface area contributed by atoms with Gasteiger partial charge >= 0.3 is 5.97 Å². The Bertz CT molecular complexity index is 1600. The molecule has 47 heavy (non-hydrogen) atoms. The van der Waals surface area contributed by atoms with Crippen LogP contribution in [-0.2, 0) is 4.79 Å². The van der Waals surface area contributed by atoms with Crippen LogP contribution in [0.2, 0.25) is 0 Å². The van der Waals surface area contributed by atoms with Gasteiger partial charge in [-0.1, -0.05) is 54.1 Å². The Morgan fingerprint density at radius 2 is 1.53 bits per heavy atom. The van der Waals surface area contributed by atoms with Gasteiger partial charge in [0.1, 0.15) is 23.4 Å². The molecule has 4 aromatic rings. The minimum absolute atomic E-state index is 0.0233. The maximum absolute atomic E-state index is 13.1. The van der Waals surface area contributed by atoms with Crippen molar-refractivity contribution in [3.63, 3.8) is 0 Å². The maximum Gasteiger partial charge on any atom is 0.303 e. The number of aliphatic carboxylic acids is 1. The van der Waals surface area contributed by atoms with Gasteiger partial charge in [-0.25, -0.2) is 0 Å². The number of anilines is 2. The van der Waals surface area contributed by atoms with Gasteiger partial charge in [0.15, 0.2) is 0 Å². The Balaban J connectivity index is 1.18. The van der Waals surface area contributed by atoms with Crippen LogP contribution >= 0.6 is 0 Å². The number of carboxylic acids is 1. The lowest BCUT2D eigenvalue weighted by Gasteiger charge is -2.37. The van der Waals surface area contributed by atoms with E-state index in [-0.39, 0.29) is 25.0 Å². The number of rotatable bonds is 15. The number of piperazine rings is 1. The highest BCUT2D eigenvalue weighted by Crippen LogP contribution is 2.30. The largest absolute Gasteiger partial charge is 0.495 e. The minimum atomic E-state index is -0.868. The first kappa shape index (κ1) is 33.3. The van der Waals surface area contributed by atoms with Crippen molar-refractivity contribution in [2.24, 2.45) is 0 Å². The van der Waals surface area contributed by atoms with Crippen LogP contribution in [0.15, 0.2) is 97.1 Å². The van der Waals surface area contributed by atoms with Crippen LogP contribution in [0, 0.1) is 6.92 Å². The van der Waals surface area contributed by atoms with E-state index in [0.29, 0.717) is 29.2 Å². The van der Waals surface area contributed by atoms with Crippen molar-refractivity contribution in [3.05, 3.63) is 114 Å². The van der Waals surface area contributed by atoms with E-state index in [1.807, 2.05) is 30.3 Å². The molecule has 4 aromatic carbocycles. The number of nitrogens with one attached hydrogen (secondary N) is 1. The second-order valence-corrected chi connectivity index (χ2v) is 11.6. The lowest BCUT2D eigenvalue weighted by atomic mass is 10.0. The number of para-hydroxylation sites is 4. The molecule has 0 bridgehead atoms. The van der Waals surface area contributed by atoms with Crippen LogP contribution < -0.4 is 24.4 Å². The lowest BCUT2D eigenvalue weighted by Crippen LogP contribution is -2.47. The number of methoxy groups -OCH3 is 1. The molecule has 0 aliphatic carbocycles. The smallest absolute Gasteiger partial charge is 0.303 e. The molecule has 0 spiro atoms. The summed E-state index contributed by atoms with van der Waals surface area (Å²) in [6.07, 6.45) is 1.08. The molecule has 9 nitrogen and oxygen atoms in total. The molecule has 1 heterocycles. The van der Waals surface area contributed by atoms with Gasteiger partial charge in [0.2, 0.25) is 0 Å². The highest BCUT2D eigenvalue weighted by molar-refractivity contribution is 6.05. The Kier molecular flexibility index (Phi) is 11.7. The molecule has 5 rings (SSSR count). The van der Waals surface area contributed by atoms with Gasteiger partial charge in [-0.2, -0.15) is 0 Å². The van der Waals surface area contributed by atoms with Crippen molar-refractivity contribution in [1.29, 1.82) is 0 Å². The highest BCUT2D eigenvalue weighted by Gasteiger charge is 2.22. The highest BCUT2D eigenvalue weighted by atomic mass is 16.5. The quantitative estimate of drug-likeness (QED) is 0.137. The Morgan fingerprint density at radius 3 is 2.23 bits per heavy atom. The lowest BCUT2D eigenvalue weighted by molar-refractivity contribution is -0.137. The second-order valence-electron chi connectivity index (χ2n) is 11.6. The number of aryl methyl sites for hydroxylation is 1. The van der Waals surface area contributed by atoms with Crippen molar-refractivity contribution in [2.45, 2.75) is 32.3 Å². The predicted molar refractivity (Wildman–Crippen MR) is 184 cm³/mol. The molecule has 1 amide bonds. The minimum Gasteiger partial charge on any atom is -0.495 e. The van der Waals surface area contributed by atoms with Gasteiger partial charge in [-0.05, 0) is 67.4 Å². The summed E-state index contributed by atoms with van der Waals surface area (Å²) in [5, 5.41) is 11.8. The summed E-state index contributed by atoms with van der Waals surface area (Å²) in [5.41, 5.74) is 4.46. The van der Waals surface area contributed by atoms with Gasteiger partial charge in [-0.3, -0.25) is 14.5 Å². The number of benzene rings is 4. The molecule has 0 saturated carbocycles. The first-order chi connectivity index (χ1) is 22.9. The van der Waals surface area contributed by atoms with Crippen LogP contribution in [0.4, 0.5) is 11.4 Å². The van der Waals surface area contributed by atoms with Crippen LogP contribution in [0.3, 0.4) is 0 Å². The first-order valence-corrected chi connectivity index (χ1v) is 16.1. The number of amides is 1. The van der Waals surface area contributed by atoms with E-state index < -0.39 is 5.97 Å². The number of carbonyl (C=O) groups excluding carboxylic acids is 1. The number of hydrogen-bond donors (Lipinski definition) is 2. The van der Waals surface area contributed by atoms with Gasteiger partial charge < -0.3 is 29.5 Å². The molecule has 0 radical (unpaired) electrons. The van der Waals surface area contributed by atoms with E-state index in [4.69, 9.17) is 19.3 Å². The predicted octanol–water partition coefficient (Wildman–Crippen LogP) is 6.83. The monoisotopic (exact) mass is 637 g/mol. The fraction of sp³-hybridized carbons (Fsp3) is 0.316. The van der Waals surface area contributed by atoms with Crippen molar-refractivity contribution < 1.29 is 28.9 Å². The number of carboxylic acid groups (broad SMARTS) is 1. The van der Waals surface area contributed by atoms with E-state index in [0.717, 1.165) is 56.1 Å². The third-order valence-corrected chi connectivity index (χ3v) is 8.28. The summed E-state index contributed by atoms with van der Waals surface area (Å²) in [5.74, 6) is 0.942. The van der Waals surface area contributed by atoms with Crippen LogP contribution in [-0.4, -0.2) is 68.3 Å². The average molecular weight is 638 g/mol. The molecule has 2 N–H and O–H groups in total. The third-order valence-electron chi connectivity index (χ3n) is 8.28. The maximum atomic E-state index is 13.1. The fourth-order valence-corrected chi connectivity index (χ4v) is 5.62. The molecular formula is C38H43N3O6. The zero-order chi connectivity index (χ0) is 33.0. The Hall–Kier alpha value is -5.02. The summed E-state index contributed by atoms with van der Waals surface area (Å²) in [6.45, 7) is 7.00. The fourth-order valence-electron chi connectivity index (χ4n) is 5.62. The number of nitrogens with zero attached hydrogens (tertiary/aromatic N) is 2. The first-order valence-electron chi connectivity index (χ1n) is 16.1. The number of ether oxygens (including phenoxy) is 3. The topological polar surface area (TPSA) is 101 Å². The summed E-state index contributed by atoms with van der Waals surface area (Å²) < 4.78 is 17.9. The average Bonchev–Trinajstić information content (AvgIpc) is 3.10. The summed E-state index contributed by atoms with van der Waals surface area (Å²) >= 11 is 0. The molecule has 1 aliphatic heterocycles. The SMILES string of the molecule is COc1ccccc1N1CCN(CCC(Oc2ccc(C(=O)Nc3ccccc3OCCCC(=O)O)cc2)c2ccc(C)cc2)CC1. The van der Waals surface area contributed by atoms with Crippen molar-refractivity contribution >= 4 is 23.3 Å². The van der Waals surface area contributed by atoms with E-state index in [2.05, 4.69) is 58.4 Å². The van der Waals surface area contributed by atoms with E-state index in [1.165, 1.54) is 5.56 Å². The van der Waals surface area contributed by atoms with Crippen molar-refractivity contribution in [1.82, 2.24) is 4.90 Å². The Morgan fingerprint density at radius 1 is 0.851 bits per heavy atom. The summed E-state index contributed by atoms with van der Waals surface area (Å²) in [7, 11) is 1.72. The van der Waals surface area contributed by atoms with Crippen LogP contribution in [0.5, 0.6) is 17.2 Å². The molecular weight excluding hydrogens is 594 g/mol. The number of carbonyl (C=O) groups is 2. The molecule has 1 atom stereocenters. The molecule has 9 heteroatoms. The zero-order valence-electron chi connectivity index (χ0n) is 27.1. The van der Waals surface area contributed by atoms with E-state index in [9.17, 15) is 9.59 Å². The van der Waals surface area contributed by atoms with Crippen LogP contribution in [0.1, 0.15) is 46.9 Å². The number of hydrogen-bond acceptors (Lipinski definition) is 7. The molecule has 1 saturated heterocycles. The Labute approximate surface area is 276 Å². The second kappa shape index (κ2) is 16.5. The molecule has 1 fully saturated rings. The van der Waals surface area contributed by atoms with Gasteiger partial charge in [-0.15, -0.1) is 0 Å². The normalized spacial score (nSPS) is 13.9. The summed E-state index contributed by atoms with van der Waals surface area (Å²) in [6, 6.07) is 30.9. The zero-order valence-corrected chi connectivity index (χ0v) is 27.1. The van der Waals surface area contributed by atoms with Crippen LogP contribution in [0.25, 0.3) is 0 Å². The molecule has 246 valence electrons. The van der Waals surface area contributed by atoms with Gasteiger partial charge in [0, 0.05) is 51.1 Å².